The molecule has 0 bridgehead atoms. The largest absolute Gasteiger partial charge is 0.497 e. The molecule has 0 atom stereocenters. The maximum atomic E-state index is 13.5. The summed E-state index contributed by atoms with van der Waals surface area (Å²) in [6.45, 7) is 3.76. The Bertz CT molecular complexity index is 1320. The van der Waals surface area contributed by atoms with Gasteiger partial charge in [0.1, 0.15) is 11.5 Å². The van der Waals surface area contributed by atoms with Crippen molar-refractivity contribution in [2.45, 2.75) is 13.8 Å². The van der Waals surface area contributed by atoms with Gasteiger partial charge < -0.3 is 9.47 Å². The van der Waals surface area contributed by atoms with Crippen molar-refractivity contribution >= 4 is 11.5 Å². The molecule has 0 saturated carbocycles. The van der Waals surface area contributed by atoms with Crippen molar-refractivity contribution in [3.05, 3.63) is 88.3 Å². The molecule has 0 aliphatic rings. The molecular formula is C25H24N4O3. The molecule has 0 amide bonds. The molecular weight excluding hydrogens is 404 g/mol. The van der Waals surface area contributed by atoms with E-state index >= 15 is 0 Å². The molecule has 0 fully saturated rings. The maximum Gasteiger partial charge on any atom is 0.280 e. The summed E-state index contributed by atoms with van der Waals surface area (Å²) in [5.41, 5.74) is 4.00. The van der Waals surface area contributed by atoms with Crippen LogP contribution in [0.25, 0.3) is 16.9 Å². The van der Waals surface area contributed by atoms with Crippen LogP contribution in [0.1, 0.15) is 18.1 Å². The number of aryl methyl sites for hydroxylation is 1. The van der Waals surface area contributed by atoms with E-state index < -0.39 is 0 Å². The third-order valence-electron chi connectivity index (χ3n) is 5.22. The number of aliphatic imine (C=N–C) groups is 1. The highest BCUT2D eigenvalue weighted by atomic mass is 16.5. The Kier molecular flexibility index (Phi) is 5.89. The van der Waals surface area contributed by atoms with Crippen molar-refractivity contribution in [3.63, 3.8) is 0 Å². The molecule has 2 heterocycles. The first-order chi connectivity index (χ1) is 15.5. The number of hydrogen-bond donors (Lipinski definition) is 1. The predicted octanol–water partition coefficient (Wildman–Crippen LogP) is 4.69. The zero-order chi connectivity index (χ0) is 22.7. The number of hydrogen-bond acceptors (Lipinski definition) is 5. The molecule has 0 saturated heterocycles. The van der Waals surface area contributed by atoms with Gasteiger partial charge >= 0.3 is 0 Å². The lowest BCUT2D eigenvalue weighted by Crippen LogP contribution is -2.19. The number of nitrogens with zero attached hydrogens (tertiary/aromatic N) is 3. The number of H-pyrrole nitrogens is 1. The van der Waals surface area contributed by atoms with Crippen LogP contribution in [0.15, 0.2) is 76.6 Å². The lowest BCUT2D eigenvalue weighted by molar-refractivity contribution is 0.414. The van der Waals surface area contributed by atoms with Crippen LogP contribution in [0.3, 0.4) is 0 Å². The van der Waals surface area contributed by atoms with Gasteiger partial charge in [-0.1, -0.05) is 6.07 Å². The van der Waals surface area contributed by atoms with Crippen LogP contribution in [-0.4, -0.2) is 34.7 Å². The smallest absolute Gasteiger partial charge is 0.280 e. The van der Waals surface area contributed by atoms with Gasteiger partial charge in [-0.3, -0.25) is 9.89 Å². The van der Waals surface area contributed by atoms with Crippen molar-refractivity contribution in [1.29, 1.82) is 0 Å². The number of ether oxygens (including phenoxy) is 2. The minimum Gasteiger partial charge on any atom is -0.497 e. The molecule has 32 heavy (non-hydrogen) atoms. The van der Waals surface area contributed by atoms with E-state index in [0.717, 1.165) is 16.9 Å². The number of aromatic nitrogens is 3. The van der Waals surface area contributed by atoms with E-state index in [4.69, 9.17) is 9.47 Å². The van der Waals surface area contributed by atoms with Crippen molar-refractivity contribution in [2.24, 2.45) is 4.99 Å². The summed E-state index contributed by atoms with van der Waals surface area (Å²) in [5, 5.41) is 3.26. The average molecular weight is 428 g/mol. The summed E-state index contributed by atoms with van der Waals surface area (Å²) in [4.78, 5) is 22.5. The van der Waals surface area contributed by atoms with E-state index in [1.807, 2.05) is 74.5 Å². The summed E-state index contributed by atoms with van der Waals surface area (Å²) < 4.78 is 12.0. The first-order valence-electron chi connectivity index (χ1n) is 10.1. The van der Waals surface area contributed by atoms with Crippen LogP contribution in [-0.2, 0) is 0 Å². The van der Waals surface area contributed by atoms with E-state index in [2.05, 4.69) is 15.1 Å². The zero-order valence-electron chi connectivity index (χ0n) is 18.4. The fourth-order valence-corrected chi connectivity index (χ4v) is 3.46. The monoisotopic (exact) mass is 428 g/mol. The van der Waals surface area contributed by atoms with Crippen LogP contribution in [0.5, 0.6) is 11.5 Å². The fourth-order valence-electron chi connectivity index (χ4n) is 3.46. The van der Waals surface area contributed by atoms with E-state index in [9.17, 15) is 4.79 Å². The van der Waals surface area contributed by atoms with Gasteiger partial charge in [-0.05, 0) is 74.0 Å². The molecule has 0 aliphatic heterocycles. The van der Waals surface area contributed by atoms with Gasteiger partial charge in [0.25, 0.3) is 5.56 Å². The number of pyridine rings is 1. The number of rotatable bonds is 6. The summed E-state index contributed by atoms with van der Waals surface area (Å²) >= 11 is 0. The van der Waals surface area contributed by atoms with E-state index in [1.165, 1.54) is 4.68 Å². The van der Waals surface area contributed by atoms with E-state index in [1.54, 1.807) is 20.4 Å². The molecule has 162 valence electrons. The lowest BCUT2D eigenvalue weighted by Gasteiger charge is -2.05. The van der Waals surface area contributed by atoms with Crippen LogP contribution >= 0.6 is 0 Å². The second-order valence-corrected chi connectivity index (χ2v) is 7.27. The Balaban J connectivity index is 1.90. The van der Waals surface area contributed by atoms with Gasteiger partial charge in [0.2, 0.25) is 0 Å². The SMILES string of the molecule is COc1ccc(-c2[nH]n(-c3ccc(OC)cc3)c(=O)c2/C(C)=N/c2ncccc2C)cc1. The minimum atomic E-state index is -0.198. The van der Waals surface area contributed by atoms with Crippen LogP contribution in [0.2, 0.25) is 0 Å². The Morgan fingerprint density at radius 3 is 2.19 bits per heavy atom. The molecule has 0 radical (unpaired) electrons. The van der Waals surface area contributed by atoms with Gasteiger partial charge in [-0.25, -0.2) is 14.7 Å². The first kappa shape index (κ1) is 21.1. The number of benzene rings is 2. The minimum absolute atomic E-state index is 0.198. The maximum absolute atomic E-state index is 13.5. The summed E-state index contributed by atoms with van der Waals surface area (Å²) in [5.74, 6) is 2.04. The van der Waals surface area contributed by atoms with Crippen molar-refractivity contribution in [1.82, 2.24) is 14.8 Å². The summed E-state index contributed by atoms with van der Waals surface area (Å²) in [6.07, 6.45) is 1.69. The number of aromatic amines is 1. The predicted molar refractivity (Wildman–Crippen MR) is 126 cm³/mol. The van der Waals surface area contributed by atoms with E-state index in [-0.39, 0.29) is 5.56 Å². The molecule has 2 aromatic heterocycles. The quantitative estimate of drug-likeness (QED) is 0.452. The van der Waals surface area contributed by atoms with Crippen molar-refractivity contribution in [2.75, 3.05) is 14.2 Å². The Morgan fingerprint density at radius 2 is 1.59 bits per heavy atom. The zero-order valence-corrected chi connectivity index (χ0v) is 18.4. The van der Waals surface area contributed by atoms with Gasteiger partial charge in [0.05, 0.1) is 36.9 Å². The second kappa shape index (κ2) is 8.93. The number of methoxy groups -OCH3 is 2. The summed E-state index contributed by atoms with van der Waals surface area (Å²) in [7, 11) is 3.23. The van der Waals surface area contributed by atoms with Gasteiger partial charge in [0.15, 0.2) is 5.82 Å². The molecule has 0 unspecified atom stereocenters. The van der Waals surface area contributed by atoms with Gasteiger partial charge in [-0.15, -0.1) is 0 Å². The van der Waals surface area contributed by atoms with Crippen molar-refractivity contribution < 1.29 is 9.47 Å². The Labute approximate surface area is 186 Å². The highest BCUT2D eigenvalue weighted by Crippen LogP contribution is 2.26. The lowest BCUT2D eigenvalue weighted by atomic mass is 10.0. The molecule has 1 N–H and O–H groups in total. The second-order valence-electron chi connectivity index (χ2n) is 7.27. The third kappa shape index (κ3) is 4.05. The number of nitrogens with one attached hydrogen (secondary N) is 1. The van der Waals surface area contributed by atoms with E-state index in [0.29, 0.717) is 34.2 Å². The van der Waals surface area contributed by atoms with Gasteiger partial charge in [-0.2, -0.15) is 0 Å². The van der Waals surface area contributed by atoms with Crippen LogP contribution in [0, 0.1) is 6.92 Å². The topological polar surface area (TPSA) is 81.5 Å². The molecule has 7 heteroatoms. The molecule has 2 aromatic carbocycles. The summed E-state index contributed by atoms with van der Waals surface area (Å²) in [6, 6.07) is 18.6. The van der Waals surface area contributed by atoms with Crippen molar-refractivity contribution in [3.8, 4) is 28.4 Å². The Morgan fingerprint density at radius 1 is 0.969 bits per heavy atom. The molecule has 0 spiro atoms. The molecule has 4 rings (SSSR count). The highest BCUT2D eigenvalue weighted by Gasteiger charge is 2.20. The molecule has 7 nitrogen and oxygen atoms in total. The fraction of sp³-hybridized carbons (Fsp3) is 0.160. The molecule has 0 aliphatic carbocycles. The highest BCUT2D eigenvalue weighted by molar-refractivity contribution is 6.04. The molecule has 4 aromatic rings. The first-order valence-corrected chi connectivity index (χ1v) is 10.1. The normalized spacial score (nSPS) is 11.4. The third-order valence-corrected chi connectivity index (χ3v) is 5.22. The van der Waals surface area contributed by atoms with Crippen LogP contribution in [0.4, 0.5) is 5.82 Å². The van der Waals surface area contributed by atoms with Gasteiger partial charge in [0, 0.05) is 11.8 Å². The standard InChI is InChI=1S/C25H24N4O3/c1-16-6-5-15-26-24(16)27-17(2)22-23(18-7-11-20(31-3)12-8-18)28-29(25(22)30)19-9-13-21(32-4)14-10-19/h5-15,28H,1-4H3/b27-17+. The van der Waals surface area contributed by atoms with Crippen LogP contribution < -0.4 is 15.0 Å². The average Bonchev–Trinajstić information content (AvgIpc) is 3.17. The Hall–Kier alpha value is -4.13.